The molecule has 1 amide bonds. The molecule has 0 aliphatic carbocycles. The minimum Gasteiger partial charge on any atom is -0.399 e. The topological polar surface area (TPSA) is 72.2 Å². The van der Waals surface area contributed by atoms with Crippen LogP contribution >= 0.6 is 0 Å². The summed E-state index contributed by atoms with van der Waals surface area (Å²) in [5.74, 6) is -1.38. The van der Waals surface area contributed by atoms with Crippen molar-refractivity contribution in [3.63, 3.8) is 0 Å². The molecule has 2 aromatic rings. The molecular formula is C15H13FN2O2. The van der Waals surface area contributed by atoms with Gasteiger partial charge < -0.3 is 11.1 Å². The average Bonchev–Trinajstić information content (AvgIpc) is 2.41. The maximum atomic E-state index is 13.6. The number of anilines is 2. The van der Waals surface area contributed by atoms with E-state index in [4.69, 9.17) is 5.73 Å². The number of amides is 1. The Bertz CT molecular complexity index is 683. The second kappa shape index (κ2) is 5.52. The zero-order chi connectivity index (χ0) is 14.7. The van der Waals surface area contributed by atoms with E-state index in [9.17, 15) is 14.0 Å². The number of carbonyl (C=O) groups excluding carboxylic acids is 2. The van der Waals surface area contributed by atoms with Gasteiger partial charge in [-0.1, -0.05) is 12.1 Å². The number of hydrogen-bond acceptors (Lipinski definition) is 3. The molecule has 0 heterocycles. The number of rotatable bonds is 3. The smallest absolute Gasteiger partial charge is 0.258 e. The van der Waals surface area contributed by atoms with Crippen molar-refractivity contribution < 1.29 is 14.0 Å². The second-order valence-electron chi connectivity index (χ2n) is 4.33. The standard InChI is InChI=1S/C15H13FN2O2/c1-9(19)10-3-2-4-12(7-10)18-15(20)13-8-11(17)5-6-14(13)16/h2-8H,17H2,1H3,(H,18,20). The molecule has 0 spiro atoms. The molecule has 0 saturated heterocycles. The Labute approximate surface area is 115 Å². The van der Waals surface area contributed by atoms with E-state index in [0.29, 0.717) is 16.9 Å². The molecule has 0 unspecified atom stereocenters. The lowest BCUT2D eigenvalue weighted by molar-refractivity contribution is 0.100. The van der Waals surface area contributed by atoms with Crippen molar-refractivity contribution in [2.45, 2.75) is 6.92 Å². The van der Waals surface area contributed by atoms with Gasteiger partial charge in [-0.3, -0.25) is 9.59 Å². The maximum Gasteiger partial charge on any atom is 0.258 e. The second-order valence-corrected chi connectivity index (χ2v) is 4.33. The summed E-state index contributed by atoms with van der Waals surface area (Å²) in [7, 11) is 0. The summed E-state index contributed by atoms with van der Waals surface area (Å²) in [6, 6.07) is 10.2. The number of halogens is 1. The fourth-order valence-electron chi connectivity index (χ4n) is 1.73. The number of Topliss-reactive ketones (excluding diaryl/α,β-unsaturated/α-hetero) is 1. The molecule has 2 aromatic carbocycles. The third-order valence-corrected chi connectivity index (χ3v) is 2.76. The quantitative estimate of drug-likeness (QED) is 0.666. The van der Waals surface area contributed by atoms with Gasteiger partial charge >= 0.3 is 0 Å². The van der Waals surface area contributed by atoms with Crippen molar-refractivity contribution >= 4 is 23.1 Å². The van der Waals surface area contributed by atoms with Gasteiger partial charge in [-0.25, -0.2) is 4.39 Å². The molecule has 0 aromatic heterocycles. The highest BCUT2D eigenvalue weighted by Crippen LogP contribution is 2.16. The molecule has 20 heavy (non-hydrogen) atoms. The Balaban J connectivity index is 2.25. The van der Waals surface area contributed by atoms with Gasteiger partial charge in [-0.05, 0) is 37.3 Å². The first-order chi connectivity index (χ1) is 9.47. The molecule has 4 nitrogen and oxygen atoms in total. The van der Waals surface area contributed by atoms with Crippen LogP contribution in [0, 0.1) is 5.82 Å². The van der Waals surface area contributed by atoms with E-state index >= 15 is 0 Å². The van der Waals surface area contributed by atoms with Crippen molar-refractivity contribution in [2.75, 3.05) is 11.1 Å². The van der Waals surface area contributed by atoms with Gasteiger partial charge in [-0.15, -0.1) is 0 Å². The fraction of sp³-hybridized carbons (Fsp3) is 0.0667. The lowest BCUT2D eigenvalue weighted by atomic mass is 10.1. The first-order valence-corrected chi connectivity index (χ1v) is 5.95. The van der Waals surface area contributed by atoms with E-state index in [2.05, 4.69) is 5.32 Å². The van der Waals surface area contributed by atoms with Gasteiger partial charge in [0.05, 0.1) is 5.56 Å². The van der Waals surface area contributed by atoms with Crippen molar-refractivity contribution in [1.82, 2.24) is 0 Å². The molecule has 0 fully saturated rings. The first-order valence-electron chi connectivity index (χ1n) is 5.95. The largest absolute Gasteiger partial charge is 0.399 e. The molecule has 0 aliphatic rings. The number of benzene rings is 2. The van der Waals surface area contributed by atoms with Crippen molar-refractivity contribution in [3.05, 3.63) is 59.4 Å². The number of hydrogen-bond donors (Lipinski definition) is 2. The third kappa shape index (κ3) is 3.00. The van der Waals surface area contributed by atoms with Gasteiger partial charge in [0, 0.05) is 16.9 Å². The van der Waals surface area contributed by atoms with Gasteiger partial charge in [0.15, 0.2) is 5.78 Å². The lowest BCUT2D eigenvalue weighted by Crippen LogP contribution is -2.14. The summed E-state index contributed by atoms with van der Waals surface area (Å²) in [4.78, 5) is 23.2. The molecule has 102 valence electrons. The van der Waals surface area contributed by atoms with E-state index in [-0.39, 0.29) is 11.3 Å². The SMILES string of the molecule is CC(=O)c1cccc(NC(=O)c2cc(N)ccc2F)c1. The van der Waals surface area contributed by atoms with Crippen LogP contribution in [-0.2, 0) is 0 Å². The summed E-state index contributed by atoms with van der Waals surface area (Å²) >= 11 is 0. The summed E-state index contributed by atoms with van der Waals surface area (Å²) < 4.78 is 13.6. The van der Waals surface area contributed by atoms with E-state index in [0.717, 1.165) is 6.07 Å². The van der Waals surface area contributed by atoms with Gasteiger partial charge in [0.25, 0.3) is 5.91 Å². The molecule has 3 N–H and O–H groups in total. The normalized spacial score (nSPS) is 10.1. The highest BCUT2D eigenvalue weighted by molar-refractivity contribution is 6.05. The van der Waals surface area contributed by atoms with Crippen molar-refractivity contribution in [2.24, 2.45) is 0 Å². The number of nitrogens with two attached hydrogens (primary N) is 1. The van der Waals surface area contributed by atoms with Crippen molar-refractivity contribution in [3.8, 4) is 0 Å². The van der Waals surface area contributed by atoms with E-state index in [1.165, 1.54) is 25.1 Å². The summed E-state index contributed by atoms with van der Waals surface area (Å²) in [6.45, 7) is 1.43. The van der Waals surface area contributed by atoms with Crippen LogP contribution in [0.3, 0.4) is 0 Å². The van der Waals surface area contributed by atoms with Crippen LogP contribution in [0.5, 0.6) is 0 Å². The number of carbonyl (C=O) groups is 2. The minimum atomic E-state index is -0.653. The van der Waals surface area contributed by atoms with Crippen LogP contribution in [0.15, 0.2) is 42.5 Å². The first kappa shape index (κ1) is 13.7. The highest BCUT2D eigenvalue weighted by Gasteiger charge is 2.12. The molecule has 0 atom stereocenters. The van der Waals surface area contributed by atoms with E-state index < -0.39 is 11.7 Å². The Hall–Kier alpha value is -2.69. The lowest BCUT2D eigenvalue weighted by Gasteiger charge is -2.07. The molecule has 0 bridgehead atoms. The minimum absolute atomic E-state index is 0.115. The predicted octanol–water partition coefficient (Wildman–Crippen LogP) is 2.86. The Morgan fingerprint density at radius 3 is 2.60 bits per heavy atom. The predicted molar refractivity (Wildman–Crippen MR) is 75.2 cm³/mol. The molecule has 0 saturated carbocycles. The van der Waals surface area contributed by atoms with E-state index in [1.54, 1.807) is 18.2 Å². The molecule has 5 heteroatoms. The van der Waals surface area contributed by atoms with Crippen molar-refractivity contribution in [1.29, 1.82) is 0 Å². The monoisotopic (exact) mass is 272 g/mol. The van der Waals surface area contributed by atoms with Gasteiger partial charge in [0.1, 0.15) is 5.82 Å². The van der Waals surface area contributed by atoms with E-state index in [1.807, 2.05) is 0 Å². The molecule has 0 radical (unpaired) electrons. The van der Waals surface area contributed by atoms with Gasteiger partial charge in [0.2, 0.25) is 0 Å². The summed E-state index contributed by atoms with van der Waals surface area (Å²) in [5, 5.41) is 2.53. The maximum absolute atomic E-state index is 13.6. The number of ketones is 1. The Morgan fingerprint density at radius 2 is 1.90 bits per heavy atom. The van der Waals surface area contributed by atoms with Crippen LogP contribution in [0.1, 0.15) is 27.6 Å². The van der Waals surface area contributed by atoms with Crippen LogP contribution in [0.2, 0.25) is 0 Å². The van der Waals surface area contributed by atoms with Crippen LogP contribution in [0.4, 0.5) is 15.8 Å². The van der Waals surface area contributed by atoms with Crippen LogP contribution in [-0.4, -0.2) is 11.7 Å². The molecular weight excluding hydrogens is 259 g/mol. The average molecular weight is 272 g/mol. The Kier molecular flexibility index (Phi) is 3.79. The molecule has 0 aliphatic heterocycles. The number of nitrogen functional groups attached to an aromatic ring is 1. The summed E-state index contributed by atoms with van der Waals surface area (Å²) in [5.41, 5.74) is 6.58. The number of nitrogens with one attached hydrogen (secondary N) is 1. The zero-order valence-electron chi connectivity index (χ0n) is 10.8. The van der Waals surface area contributed by atoms with Crippen LogP contribution in [0.25, 0.3) is 0 Å². The Morgan fingerprint density at radius 1 is 1.15 bits per heavy atom. The molecule has 2 rings (SSSR count). The zero-order valence-corrected chi connectivity index (χ0v) is 10.8. The third-order valence-electron chi connectivity index (χ3n) is 2.76. The van der Waals surface area contributed by atoms with Crippen LogP contribution < -0.4 is 11.1 Å². The highest BCUT2D eigenvalue weighted by atomic mass is 19.1. The van der Waals surface area contributed by atoms with Gasteiger partial charge in [-0.2, -0.15) is 0 Å². The summed E-state index contributed by atoms with van der Waals surface area (Å²) in [6.07, 6.45) is 0. The fourth-order valence-corrected chi connectivity index (χ4v) is 1.73.